The van der Waals surface area contributed by atoms with Crippen molar-refractivity contribution in [1.82, 2.24) is 0 Å². The summed E-state index contributed by atoms with van der Waals surface area (Å²) in [6.45, 7) is 0. The van der Waals surface area contributed by atoms with Crippen LogP contribution in [0.15, 0.2) is 72.8 Å². The molecule has 0 fully saturated rings. The summed E-state index contributed by atoms with van der Waals surface area (Å²) in [6, 6.07) is 16.2. The van der Waals surface area contributed by atoms with Gasteiger partial charge < -0.3 is 19.8 Å². The van der Waals surface area contributed by atoms with Crippen LogP contribution in [0, 0.1) is 0 Å². The first-order valence-corrected chi connectivity index (χ1v) is 10.8. The van der Waals surface area contributed by atoms with E-state index in [-0.39, 0.29) is 0 Å². The van der Waals surface area contributed by atoms with Crippen LogP contribution in [-0.2, 0) is 12.4 Å². The third kappa shape index (κ3) is 4.39. The molecule has 4 nitrogen and oxygen atoms in total. The summed E-state index contributed by atoms with van der Waals surface area (Å²) < 4.78 is 84.0. The van der Waals surface area contributed by atoms with Gasteiger partial charge in [0.15, 0.2) is 11.5 Å². The van der Waals surface area contributed by atoms with Gasteiger partial charge in [-0.15, -0.1) is 0 Å². The number of hydrogen-bond donors (Lipinski definition) is 2. The van der Waals surface area contributed by atoms with E-state index in [0.29, 0.717) is 45.1 Å². The van der Waals surface area contributed by atoms with Crippen LogP contribution in [0.2, 0.25) is 0 Å². The number of anilines is 2. The van der Waals surface area contributed by atoms with E-state index >= 15 is 0 Å². The molecule has 5 rings (SSSR count). The fraction of sp³-hybridized carbons (Fsp3) is 0.111. The van der Waals surface area contributed by atoms with Gasteiger partial charge in [0.2, 0.25) is 0 Å². The van der Waals surface area contributed by atoms with E-state index in [0.717, 1.165) is 24.3 Å². The normalized spacial score (nSPS) is 13.1. The molecule has 1 aliphatic heterocycles. The fourth-order valence-corrected chi connectivity index (χ4v) is 4.26. The lowest BCUT2D eigenvalue weighted by atomic mass is 10.00. The van der Waals surface area contributed by atoms with Crippen LogP contribution in [0.25, 0.3) is 22.3 Å². The molecule has 1 aliphatic rings. The quantitative estimate of drug-likeness (QED) is 0.263. The molecule has 0 saturated carbocycles. The van der Waals surface area contributed by atoms with Gasteiger partial charge in [0.05, 0.1) is 22.5 Å². The summed E-state index contributed by atoms with van der Waals surface area (Å²) in [6.07, 6.45) is -9.37. The Labute approximate surface area is 206 Å². The number of rotatable bonds is 2. The highest BCUT2D eigenvalue weighted by atomic mass is 19.4. The summed E-state index contributed by atoms with van der Waals surface area (Å²) in [7, 11) is 1.79. The lowest BCUT2D eigenvalue weighted by Gasteiger charge is -2.30. The number of ether oxygens (including phenoxy) is 1. The van der Waals surface area contributed by atoms with Gasteiger partial charge in [0.1, 0.15) is 11.5 Å². The van der Waals surface area contributed by atoms with Gasteiger partial charge in [-0.1, -0.05) is 24.3 Å². The summed E-state index contributed by atoms with van der Waals surface area (Å²) >= 11 is 0. The Hall–Kier alpha value is -4.34. The number of phenolic OH excluding ortho intramolecular Hbond substituents is 2. The van der Waals surface area contributed by atoms with Gasteiger partial charge in [0, 0.05) is 7.05 Å². The number of halogens is 6. The number of fused-ring (bicyclic) bond motifs is 2. The first-order chi connectivity index (χ1) is 17.3. The molecule has 4 aromatic rings. The zero-order valence-electron chi connectivity index (χ0n) is 18.9. The Balaban J connectivity index is 1.49. The maximum Gasteiger partial charge on any atom is 0.419 e. The molecule has 2 N–H and O–H groups in total. The fourth-order valence-electron chi connectivity index (χ4n) is 4.26. The molecule has 10 heteroatoms. The maximum absolute atomic E-state index is 13.0. The third-order valence-corrected chi connectivity index (χ3v) is 6.14. The number of benzene rings is 4. The van der Waals surface area contributed by atoms with Crippen molar-refractivity contribution in [2.45, 2.75) is 12.4 Å². The zero-order chi connectivity index (χ0) is 26.7. The van der Waals surface area contributed by atoms with E-state index in [1.165, 1.54) is 12.1 Å². The SMILES string of the molecule is CN1c2ccc(-c3ccc(C(F)(F)F)c(O)c3)cc2Oc2cc(-c3ccc(C(F)(F)F)c(O)c3)ccc21. The van der Waals surface area contributed by atoms with Crippen molar-refractivity contribution in [2.24, 2.45) is 0 Å². The first-order valence-electron chi connectivity index (χ1n) is 10.8. The third-order valence-electron chi connectivity index (χ3n) is 6.14. The van der Waals surface area contributed by atoms with Crippen molar-refractivity contribution in [2.75, 3.05) is 11.9 Å². The second-order valence-electron chi connectivity index (χ2n) is 8.49. The Morgan fingerprint density at radius 1 is 0.568 bits per heavy atom. The molecule has 0 radical (unpaired) electrons. The number of nitrogens with zero attached hydrogens (tertiary/aromatic N) is 1. The average Bonchev–Trinajstić information content (AvgIpc) is 2.81. The van der Waals surface area contributed by atoms with Gasteiger partial charge in [-0.05, 0) is 70.8 Å². The second-order valence-corrected chi connectivity index (χ2v) is 8.49. The molecule has 0 bridgehead atoms. The lowest BCUT2D eigenvalue weighted by Crippen LogP contribution is -2.15. The predicted molar refractivity (Wildman–Crippen MR) is 125 cm³/mol. The van der Waals surface area contributed by atoms with Crippen LogP contribution in [0.3, 0.4) is 0 Å². The lowest BCUT2D eigenvalue weighted by molar-refractivity contribution is -0.139. The molecule has 190 valence electrons. The number of alkyl halides is 6. The van der Waals surface area contributed by atoms with Crippen molar-refractivity contribution < 1.29 is 41.3 Å². The van der Waals surface area contributed by atoms with Crippen LogP contribution in [0.1, 0.15) is 11.1 Å². The highest BCUT2D eigenvalue weighted by Gasteiger charge is 2.35. The minimum absolute atomic E-state index is 0.347. The van der Waals surface area contributed by atoms with Crippen molar-refractivity contribution in [3.8, 4) is 45.3 Å². The van der Waals surface area contributed by atoms with Gasteiger partial charge in [-0.2, -0.15) is 26.3 Å². The molecule has 4 aromatic carbocycles. The van der Waals surface area contributed by atoms with E-state index in [1.807, 2.05) is 4.90 Å². The van der Waals surface area contributed by atoms with Crippen molar-refractivity contribution in [3.63, 3.8) is 0 Å². The Kier molecular flexibility index (Phi) is 5.50. The van der Waals surface area contributed by atoms with Crippen LogP contribution >= 0.6 is 0 Å². The summed E-state index contributed by atoms with van der Waals surface area (Å²) in [5.74, 6) is -1.01. The Bertz CT molecular complexity index is 1420. The van der Waals surface area contributed by atoms with Crippen LogP contribution in [0.5, 0.6) is 23.0 Å². The van der Waals surface area contributed by atoms with Gasteiger partial charge >= 0.3 is 12.4 Å². The topological polar surface area (TPSA) is 52.9 Å². The van der Waals surface area contributed by atoms with Crippen molar-refractivity contribution in [1.29, 1.82) is 0 Å². The number of aromatic hydroxyl groups is 2. The van der Waals surface area contributed by atoms with Crippen LogP contribution in [0.4, 0.5) is 37.7 Å². The smallest absolute Gasteiger partial charge is 0.419 e. The molecular formula is C27H17F6NO3. The second kappa shape index (κ2) is 8.36. The molecule has 0 unspecified atom stereocenters. The molecule has 0 saturated heterocycles. The number of hydrogen-bond acceptors (Lipinski definition) is 4. The monoisotopic (exact) mass is 517 g/mol. The molecular weight excluding hydrogens is 500 g/mol. The van der Waals surface area contributed by atoms with E-state index in [4.69, 9.17) is 4.74 Å². The van der Waals surface area contributed by atoms with Crippen LogP contribution in [-0.4, -0.2) is 17.3 Å². The predicted octanol–water partition coefficient (Wildman–Crippen LogP) is 8.34. The summed E-state index contributed by atoms with van der Waals surface area (Å²) in [5.41, 5.74) is 0.770. The average molecular weight is 517 g/mol. The highest BCUT2D eigenvalue weighted by Crippen LogP contribution is 2.49. The van der Waals surface area contributed by atoms with E-state index in [2.05, 4.69) is 0 Å². The van der Waals surface area contributed by atoms with E-state index < -0.39 is 35.0 Å². The van der Waals surface area contributed by atoms with Gasteiger partial charge in [-0.3, -0.25) is 0 Å². The van der Waals surface area contributed by atoms with Crippen LogP contribution < -0.4 is 9.64 Å². The highest BCUT2D eigenvalue weighted by molar-refractivity contribution is 5.83. The Morgan fingerprint density at radius 2 is 0.919 bits per heavy atom. The number of phenols is 2. The molecule has 37 heavy (non-hydrogen) atoms. The van der Waals surface area contributed by atoms with E-state index in [9.17, 15) is 36.6 Å². The minimum atomic E-state index is -4.68. The molecule has 0 aromatic heterocycles. The minimum Gasteiger partial charge on any atom is -0.507 e. The van der Waals surface area contributed by atoms with Crippen molar-refractivity contribution in [3.05, 3.63) is 83.9 Å². The van der Waals surface area contributed by atoms with Gasteiger partial charge in [-0.25, -0.2) is 0 Å². The first kappa shape index (κ1) is 24.4. The molecule has 1 heterocycles. The molecule has 0 amide bonds. The van der Waals surface area contributed by atoms with Gasteiger partial charge in [0.25, 0.3) is 0 Å². The molecule has 0 atom stereocenters. The van der Waals surface area contributed by atoms with E-state index in [1.54, 1.807) is 43.4 Å². The summed E-state index contributed by atoms with van der Waals surface area (Å²) in [4.78, 5) is 1.83. The maximum atomic E-state index is 13.0. The standard InChI is InChI=1S/C27H17F6NO3/c1-34-20-8-4-16(14-2-6-18(22(35)10-14)26(28,29)30)12-24(20)37-25-13-17(5-9-21(25)34)15-3-7-19(23(36)11-15)27(31,32)33/h2-13,35-36H,1H3. The van der Waals surface area contributed by atoms with Crippen molar-refractivity contribution >= 4 is 11.4 Å². The molecule has 0 spiro atoms. The molecule has 0 aliphatic carbocycles. The Morgan fingerprint density at radius 3 is 1.27 bits per heavy atom. The zero-order valence-corrected chi connectivity index (χ0v) is 18.9. The largest absolute Gasteiger partial charge is 0.507 e. The summed E-state index contributed by atoms with van der Waals surface area (Å²) in [5, 5.41) is 19.8.